The highest BCUT2D eigenvalue weighted by atomic mass is 16.5. The predicted octanol–water partition coefficient (Wildman–Crippen LogP) is 2.46. The molecule has 0 aliphatic heterocycles. The van der Waals surface area contributed by atoms with Crippen molar-refractivity contribution in [1.82, 2.24) is 0 Å². The lowest BCUT2D eigenvalue weighted by atomic mass is 10.2. The van der Waals surface area contributed by atoms with Gasteiger partial charge in [0, 0.05) is 14.1 Å². The maximum atomic E-state index is 5.51. The van der Waals surface area contributed by atoms with E-state index in [0.29, 0.717) is 6.61 Å². The Morgan fingerprint density at radius 3 is 2.54 bits per heavy atom. The number of ether oxygens (including phenoxy) is 1. The summed E-state index contributed by atoms with van der Waals surface area (Å²) in [4.78, 5) is 2.07. The van der Waals surface area contributed by atoms with Crippen molar-refractivity contribution < 1.29 is 4.74 Å². The van der Waals surface area contributed by atoms with Crippen LogP contribution in [0.4, 0.5) is 5.69 Å². The Labute approximate surface area is 80.1 Å². The molecular weight excluding hydrogens is 162 g/mol. The van der Waals surface area contributed by atoms with Gasteiger partial charge in [-0.05, 0) is 31.5 Å². The van der Waals surface area contributed by atoms with Crippen LogP contribution in [-0.4, -0.2) is 20.7 Å². The van der Waals surface area contributed by atoms with Crippen LogP contribution in [0.3, 0.4) is 0 Å². The summed E-state index contributed by atoms with van der Waals surface area (Å²) >= 11 is 0. The number of rotatable bonds is 3. The van der Waals surface area contributed by atoms with Crippen LogP contribution in [0, 0.1) is 6.92 Å². The number of aryl methyl sites for hydroxylation is 1. The fourth-order valence-corrected chi connectivity index (χ4v) is 1.25. The number of hydrogen-bond acceptors (Lipinski definition) is 2. The molecule has 0 atom stereocenters. The van der Waals surface area contributed by atoms with Crippen molar-refractivity contribution in [2.75, 3.05) is 25.6 Å². The fourth-order valence-electron chi connectivity index (χ4n) is 1.25. The van der Waals surface area contributed by atoms with Crippen LogP contribution in [0.2, 0.25) is 0 Å². The molecule has 0 amide bonds. The van der Waals surface area contributed by atoms with Crippen LogP contribution >= 0.6 is 0 Å². The van der Waals surface area contributed by atoms with Crippen LogP contribution in [0.1, 0.15) is 12.5 Å². The van der Waals surface area contributed by atoms with Crippen molar-refractivity contribution in [1.29, 1.82) is 0 Å². The average molecular weight is 179 g/mol. The van der Waals surface area contributed by atoms with Gasteiger partial charge >= 0.3 is 0 Å². The first kappa shape index (κ1) is 9.90. The van der Waals surface area contributed by atoms with Gasteiger partial charge in [0.2, 0.25) is 0 Å². The second kappa shape index (κ2) is 4.17. The molecule has 0 saturated carbocycles. The summed E-state index contributed by atoms with van der Waals surface area (Å²) in [6.07, 6.45) is 0. The molecule has 0 heterocycles. The Bertz CT molecular complexity index is 281. The van der Waals surface area contributed by atoms with Crippen molar-refractivity contribution in [2.24, 2.45) is 0 Å². The van der Waals surface area contributed by atoms with Gasteiger partial charge in [-0.1, -0.05) is 6.07 Å². The van der Waals surface area contributed by atoms with E-state index >= 15 is 0 Å². The Kier molecular flexibility index (Phi) is 3.18. The summed E-state index contributed by atoms with van der Waals surface area (Å²) in [5.74, 6) is 0.957. The Morgan fingerprint density at radius 1 is 1.31 bits per heavy atom. The summed E-state index contributed by atoms with van der Waals surface area (Å²) < 4.78 is 5.51. The molecule has 1 aromatic carbocycles. The van der Waals surface area contributed by atoms with Crippen LogP contribution in [0.15, 0.2) is 18.2 Å². The van der Waals surface area contributed by atoms with Crippen LogP contribution in [0.5, 0.6) is 5.75 Å². The van der Waals surface area contributed by atoms with Gasteiger partial charge < -0.3 is 9.64 Å². The van der Waals surface area contributed by atoms with E-state index < -0.39 is 0 Å². The van der Waals surface area contributed by atoms with Gasteiger partial charge in [0.1, 0.15) is 5.75 Å². The number of benzene rings is 1. The lowest BCUT2D eigenvalue weighted by Gasteiger charge is -2.17. The number of hydrogen-bond donors (Lipinski definition) is 0. The molecule has 1 aromatic rings. The van der Waals surface area contributed by atoms with E-state index in [0.717, 1.165) is 11.4 Å². The summed E-state index contributed by atoms with van der Waals surface area (Å²) in [7, 11) is 4.05. The Hall–Kier alpha value is -1.18. The Balaban J connectivity index is 3.03. The summed E-state index contributed by atoms with van der Waals surface area (Å²) in [5.41, 5.74) is 2.40. The van der Waals surface area contributed by atoms with E-state index in [-0.39, 0.29) is 0 Å². The molecule has 2 nitrogen and oxygen atoms in total. The van der Waals surface area contributed by atoms with Crippen LogP contribution in [-0.2, 0) is 0 Å². The van der Waals surface area contributed by atoms with Crippen LogP contribution < -0.4 is 9.64 Å². The molecular formula is C11H17NO. The minimum absolute atomic E-state index is 0.712. The fraction of sp³-hybridized carbons (Fsp3) is 0.455. The van der Waals surface area contributed by atoms with E-state index in [1.807, 2.05) is 27.1 Å². The molecule has 0 fully saturated rings. The third-order valence-electron chi connectivity index (χ3n) is 1.90. The smallest absolute Gasteiger partial charge is 0.142 e. The molecule has 0 N–H and O–H groups in total. The minimum atomic E-state index is 0.712. The van der Waals surface area contributed by atoms with Gasteiger partial charge in [-0.3, -0.25) is 0 Å². The second-order valence-corrected chi connectivity index (χ2v) is 3.30. The molecule has 0 unspecified atom stereocenters. The highest BCUT2D eigenvalue weighted by Crippen LogP contribution is 2.27. The standard InChI is InChI=1S/C11H17NO/c1-5-13-11-7-6-9(2)8-10(11)12(3)4/h6-8H,5H2,1-4H3. The zero-order valence-corrected chi connectivity index (χ0v) is 8.79. The largest absolute Gasteiger partial charge is 0.492 e. The Morgan fingerprint density at radius 2 is 2.00 bits per heavy atom. The van der Waals surface area contributed by atoms with Crippen molar-refractivity contribution in [3.8, 4) is 5.75 Å². The second-order valence-electron chi connectivity index (χ2n) is 3.30. The monoisotopic (exact) mass is 179 g/mol. The van der Waals surface area contributed by atoms with Crippen molar-refractivity contribution >= 4 is 5.69 Å². The van der Waals surface area contributed by atoms with Crippen molar-refractivity contribution in [2.45, 2.75) is 13.8 Å². The van der Waals surface area contributed by atoms with E-state index in [4.69, 9.17) is 4.74 Å². The quantitative estimate of drug-likeness (QED) is 0.706. The molecule has 0 aliphatic carbocycles. The van der Waals surface area contributed by atoms with E-state index in [1.54, 1.807) is 0 Å². The molecule has 0 spiro atoms. The molecule has 0 radical (unpaired) electrons. The molecule has 13 heavy (non-hydrogen) atoms. The zero-order chi connectivity index (χ0) is 9.84. The zero-order valence-electron chi connectivity index (χ0n) is 8.79. The average Bonchev–Trinajstić information content (AvgIpc) is 2.08. The predicted molar refractivity (Wildman–Crippen MR) is 56.7 cm³/mol. The van der Waals surface area contributed by atoms with Gasteiger partial charge in [0.25, 0.3) is 0 Å². The maximum Gasteiger partial charge on any atom is 0.142 e. The van der Waals surface area contributed by atoms with Gasteiger partial charge in [-0.15, -0.1) is 0 Å². The first-order valence-electron chi connectivity index (χ1n) is 4.56. The van der Waals surface area contributed by atoms with E-state index in [1.165, 1.54) is 5.56 Å². The van der Waals surface area contributed by atoms with Crippen molar-refractivity contribution in [3.05, 3.63) is 23.8 Å². The molecule has 0 saturated heterocycles. The normalized spacial score (nSPS) is 9.85. The molecule has 0 aromatic heterocycles. The number of nitrogens with zero attached hydrogens (tertiary/aromatic N) is 1. The third-order valence-corrected chi connectivity index (χ3v) is 1.90. The van der Waals surface area contributed by atoms with Gasteiger partial charge in [-0.25, -0.2) is 0 Å². The molecule has 2 heteroatoms. The highest BCUT2D eigenvalue weighted by molar-refractivity contribution is 5.59. The first-order chi connectivity index (χ1) is 6.15. The van der Waals surface area contributed by atoms with E-state index in [2.05, 4.69) is 24.0 Å². The van der Waals surface area contributed by atoms with E-state index in [9.17, 15) is 0 Å². The van der Waals surface area contributed by atoms with Gasteiger partial charge in [-0.2, -0.15) is 0 Å². The lowest BCUT2D eigenvalue weighted by Crippen LogP contribution is -2.10. The van der Waals surface area contributed by atoms with Crippen molar-refractivity contribution in [3.63, 3.8) is 0 Å². The minimum Gasteiger partial charge on any atom is -0.492 e. The topological polar surface area (TPSA) is 12.5 Å². The molecule has 72 valence electrons. The lowest BCUT2D eigenvalue weighted by molar-refractivity contribution is 0.341. The van der Waals surface area contributed by atoms with Crippen LogP contribution in [0.25, 0.3) is 0 Å². The molecule has 0 bridgehead atoms. The summed E-state index contributed by atoms with van der Waals surface area (Å²) in [5, 5.41) is 0. The highest BCUT2D eigenvalue weighted by Gasteiger charge is 2.04. The molecule has 1 rings (SSSR count). The SMILES string of the molecule is CCOc1ccc(C)cc1N(C)C. The third kappa shape index (κ3) is 2.38. The summed E-state index contributed by atoms with van der Waals surface area (Å²) in [6.45, 7) is 4.80. The van der Waals surface area contributed by atoms with Gasteiger partial charge in [0.15, 0.2) is 0 Å². The first-order valence-corrected chi connectivity index (χ1v) is 4.56. The summed E-state index contributed by atoms with van der Waals surface area (Å²) in [6, 6.07) is 6.22. The molecule has 0 aliphatic rings. The van der Waals surface area contributed by atoms with Gasteiger partial charge in [0.05, 0.1) is 12.3 Å². The number of anilines is 1. The maximum absolute atomic E-state index is 5.51.